The lowest BCUT2D eigenvalue weighted by molar-refractivity contribution is -0.137. The van der Waals surface area contributed by atoms with Gasteiger partial charge in [-0.1, -0.05) is 60.7 Å². The number of primary amides is 1. The molecular weight excluding hydrogens is 576 g/mol. The van der Waals surface area contributed by atoms with Crippen LogP contribution in [0.15, 0.2) is 65.7 Å². The van der Waals surface area contributed by atoms with Crippen LogP contribution in [0, 0.1) is 0 Å². The highest BCUT2D eigenvalue weighted by Crippen LogP contribution is 2.28. The number of carbonyl (C=O) groups excluding carboxylic acids is 5. The zero-order chi connectivity index (χ0) is 32.6. The number of aliphatic imine (C=N–C) groups is 1. The Labute approximate surface area is 263 Å². The average molecular weight is 619 g/mol. The molecule has 2 aliphatic rings. The second kappa shape index (κ2) is 14.9. The zero-order valence-corrected chi connectivity index (χ0v) is 26.0. The number of nitrogens with zero attached hydrogens (tertiary/aromatic N) is 2. The summed E-state index contributed by atoms with van der Waals surface area (Å²) in [4.78, 5) is 70.9. The van der Waals surface area contributed by atoms with E-state index in [-0.39, 0.29) is 31.1 Å². The Kier molecular flexibility index (Phi) is 11.1. The van der Waals surface area contributed by atoms with E-state index in [1.165, 1.54) is 4.90 Å². The van der Waals surface area contributed by atoms with Gasteiger partial charge in [0, 0.05) is 19.0 Å². The number of nitrogens with two attached hydrogens (primary N) is 1. The van der Waals surface area contributed by atoms with Gasteiger partial charge in [-0.15, -0.1) is 0 Å². The Morgan fingerprint density at radius 1 is 0.978 bits per heavy atom. The summed E-state index contributed by atoms with van der Waals surface area (Å²) in [5.74, 6) is -2.18. The fraction of sp³-hybridized carbons (Fsp3) is 0.455. The summed E-state index contributed by atoms with van der Waals surface area (Å²) >= 11 is 0. The van der Waals surface area contributed by atoms with E-state index in [0.717, 1.165) is 11.1 Å². The number of carbonyl (C=O) groups is 5. The largest absolute Gasteiger partial charge is 0.442 e. The average Bonchev–Trinajstić information content (AvgIpc) is 3.41. The van der Waals surface area contributed by atoms with Gasteiger partial charge in [-0.3, -0.25) is 19.2 Å². The molecule has 4 rings (SSSR count). The minimum Gasteiger partial charge on any atom is -0.442 e. The molecule has 3 atom stereocenters. The van der Waals surface area contributed by atoms with Crippen LogP contribution in [0.3, 0.4) is 0 Å². The molecule has 1 unspecified atom stereocenters. The Morgan fingerprint density at radius 2 is 1.60 bits per heavy atom. The summed E-state index contributed by atoms with van der Waals surface area (Å²) in [5, 5.41) is 8.96. The number of ether oxygens (including phenoxy) is 1. The second-order valence-corrected chi connectivity index (χ2v) is 12.3. The van der Waals surface area contributed by atoms with Crippen molar-refractivity contribution >= 4 is 35.4 Å². The lowest BCUT2D eigenvalue weighted by Crippen LogP contribution is -2.57. The van der Waals surface area contributed by atoms with E-state index in [2.05, 4.69) is 20.9 Å². The van der Waals surface area contributed by atoms with E-state index < -0.39 is 53.4 Å². The third-order valence-corrected chi connectivity index (χ3v) is 7.72. The van der Waals surface area contributed by atoms with E-state index in [4.69, 9.17) is 10.5 Å². The molecule has 2 fully saturated rings. The maximum Gasteiger partial charge on any atom is 0.434 e. The van der Waals surface area contributed by atoms with Crippen LogP contribution in [-0.2, 0) is 23.9 Å². The SMILES string of the molecule is CC(C)(C)OC(=O)/N=C1\CNCCC2CC[C@@H](C(=O)N[C@H](CCC(N)=O)C(=O)NC(c3ccccc3)c3ccccc3)N2C1=O. The number of benzene rings is 2. The molecule has 2 aromatic rings. The molecule has 240 valence electrons. The molecule has 2 aromatic carbocycles. The van der Waals surface area contributed by atoms with Gasteiger partial charge in [-0.05, 0) is 64.1 Å². The van der Waals surface area contributed by atoms with Crippen LogP contribution in [0.1, 0.15) is 70.0 Å². The molecule has 2 aliphatic heterocycles. The molecule has 45 heavy (non-hydrogen) atoms. The molecule has 5 N–H and O–H groups in total. The number of rotatable bonds is 9. The normalized spacial score (nSPS) is 20.1. The molecule has 2 heterocycles. The maximum atomic E-state index is 13.8. The minimum absolute atomic E-state index is 0.0252. The van der Waals surface area contributed by atoms with E-state index in [0.29, 0.717) is 25.8 Å². The molecular formula is C33H42N6O6. The van der Waals surface area contributed by atoms with Crippen molar-refractivity contribution < 1.29 is 28.7 Å². The highest BCUT2D eigenvalue weighted by atomic mass is 16.6. The van der Waals surface area contributed by atoms with Crippen molar-refractivity contribution in [3.63, 3.8) is 0 Å². The molecule has 0 spiro atoms. The van der Waals surface area contributed by atoms with Crippen LogP contribution in [0.25, 0.3) is 0 Å². The molecule has 0 saturated carbocycles. The van der Waals surface area contributed by atoms with Crippen LogP contribution in [0.5, 0.6) is 0 Å². The molecule has 2 saturated heterocycles. The molecule has 0 radical (unpaired) electrons. The Bertz CT molecular complexity index is 1370. The van der Waals surface area contributed by atoms with E-state index in [1.54, 1.807) is 20.8 Å². The van der Waals surface area contributed by atoms with Crippen LogP contribution >= 0.6 is 0 Å². The van der Waals surface area contributed by atoms with Crippen molar-refractivity contribution in [2.24, 2.45) is 10.7 Å². The van der Waals surface area contributed by atoms with Gasteiger partial charge < -0.3 is 31.3 Å². The summed E-state index contributed by atoms with van der Waals surface area (Å²) in [6, 6.07) is 16.1. The van der Waals surface area contributed by atoms with Crippen molar-refractivity contribution in [2.75, 3.05) is 13.1 Å². The molecule has 12 nitrogen and oxygen atoms in total. The predicted molar refractivity (Wildman–Crippen MR) is 168 cm³/mol. The summed E-state index contributed by atoms with van der Waals surface area (Å²) < 4.78 is 5.28. The molecule has 0 bridgehead atoms. The lowest BCUT2D eigenvalue weighted by atomic mass is 9.98. The van der Waals surface area contributed by atoms with E-state index in [9.17, 15) is 24.0 Å². The van der Waals surface area contributed by atoms with Crippen molar-refractivity contribution in [2.45, 2.75) is 82.6 Å². The van der Waals surface area contributed by atoms with Gasteiger partial charge in [0.2, 0.25) is 17.7 Å². The van der Waals surface area contributed by atoms with Gasteiger partial charge >= 0.3 is 6.09 Å². The second-order valence-electron chi connectivity index (χ2n) is 12.3. The maximum absolute atomic E-state index is 13.8. The monoisotopic (exact) mass is 618 g/mol. The van der Waals surface area contributed by atoms with Crippen LogP contribution in [0.4, 0.5) is 4.79 Å². The first-order valence-corrected chi connectivity index (χ1v) is 15.3. The van der Waals surface area contributed by atoms with Gasteiger partial charge in [-0.2, -0.15) is 4.99 Å². The third-order valence-electron chi connectivity index (χ3n) is 7.72. The highest BCUT2D eigenvalue weighted by molar-refractivity contribution is 6.41. The van der Waals surface area contributed by atoms with Crippen molar-refractivity contribution in [1.82, 2.24) is 20.9 Å². The third kappa shape index (κ3) is 9.21. The van der Waals surface area contributed by atoms with Gasteiger partial charge in [0.25, 0.3) is 5.91 Å². The Balaban J connectivity index is 1.55. The fourth-order valence-corrected chi connectivity index (χ4v) is 5.63. The molecule has 12 heteroatoms. The fourth-order valence-electron chi connectivity index (χ4n) is 5.63. The number of fused-ring (bicyclic) bond motifs is 1. The van der Waals surface area contributed by atoms with Gasteiger partial charge in [0.05, 0.1) is 6.04 Å². The Hall–Kier alpha value is -4.58. The lowest BCUT2D eigenvalue weighted by Gasteiger charge is -2.33. The van der Waals surface area contributed by atoms with Crippen molar-refractivity contribution in [3.8, 4) is 0 Å². The predicted octanol–water partition coefficient (Wildman–Crippen LogP) is 2.37. The van der Waals surface area contributed by atoms with Crippen molar-refractivity contribution in [3.05, 3.63) is 71.8 Å². The first kappa shape index (κ1) is 33.3. The van der Waals surface area contributed by atoms with Gasteiger partial charge in [-0.25, -0.2) is 4.79 Å². The summed E-state index contributed by atoms with van der Waals surface area (Å²) in [6.45, 7) is 5.70. The quantitative estimate of drug-likeness (QED) is 0.334. The summed E-state index contributed by atoms with van der Waals surface area (Å²) in [6.07, 6.45) is 0.489. The molecule has 0 aliphatic carbocycles. The Morgan fingerprint density at radius 3 is 2.18 bits per heavy atom. The molecule has 5 amide bonds. The topological polar surface area (TPSA) is 172 Å². The highest BCUT2D eigenvalue weighted by Gasteiger charge is 2.43. The summed E-state index contributed by atoms with van der Waals surface area (Å²) in [7, 11) is 0. The number of hydrogen-bond donors (Lipinski definition) is 4. The standard InChI is InChI=1S/C33H42N6O6/c1-33(2,3)45-32(44)37-25-20-35-19-18-23-14-16-26(39(23)31(25)43)30(42)36-24(15-17-27(34)40)29(41)38-28(21-10-6-4-7-11-21)22-12-8-5-9-13-22/h4-13,23-24,26,28,35H,14-20H2,1-3H3,(H2,34,40)(H,36,42)(H,38,41)/b37-25+/t23?,24-,26+/m1/s1. The zero-order valence-electron chi connectivity index (χ0n) is 26.0. The van der Waals surface area contributed by atoms with Crippen LogP contribution in [0.2, 0.25) is 0 Å². The first-order chi connectivity index (χ1) is 21.4. The summed E-state index contributed by atoms with van der Waals surface area (Å²) in [5.41, 5.74) is 6.25. The smallest absolute Gasteiger partial charge is 0.434 e. The number of hydrogen-bond acceptors (Lipinski definition) is 7. The van der Waals surface area contributed by atoms with E-state index in [1.807, 2.05) is 60.7 Å². The minimum atomic E-state index is -1.10. The van der Waals surface area contributed by atoms with Crippen molar-refractivity contribution in [1.29, 1.82) is 0 Å². The number of nitrogens with one attached hydrogen (secondary N) is 3. The van der Waals surface area contributed by atoms with Gasteiger partial charge in [0.1, 0.15) is 23.4 Å². The van der Waals surface area contributed by atoms with Crippen LogP contribution in [-0.4, -0.2) is 77.1 Å². The van der Waals surface area contributed by atoms with Gasteiger partial charge in [0.15, 0.2) is 0 Å². The van der Waals surface area contributed by atoms with E-state index >= 15 is 0 Å². The first-order valence-electron chi connectivity index (χ1n) is 15.3. The van der Waals surface area contributed by atoms with Crippen LogP contribution < -0.4 is 21.7 Å². The molecule has 0 aromatic heterocycles. The number of amides is 5.